The number of carbonyl (C=O) groups excluding carboxylic acids is 1. The molecule has 9 nitrogen and oxygen atoms in total. The van der Waals surface area contributed by atoms with Crippen LogP contribution in [0.1, 0.15) is 10.4 Å². The number of rotatable bonds is 6. The van der Waals surface area contributed by atoms with Gasteiger partial charge < -0.3 is 10.1 Å². The van der Waals surface area contributed by atoms with Crippen LogP contribution in [0.3, 0.4) is 0 Å². The molecular formula is C10H10ClN3O6. The van der Waals surface area contributed by atoms with E-state index in [1.54, 1.807) is 0 Å². The molecule has 0 bridgehead atoms. The molecule has 0 aromatic heterocycles. The zero-order valence-corrected chi connectivity index (χ0v) is 11.0. The lowest BCUT2D eigenvalue weighted by atomic mass is 10.1. The highest BCUT2D eigenvalue weighted by atomic mass is 35.5. The predicted molar refractivity (Wildman–Crippen MR) is 70.3 cm³/mol. The number of alkyl halides is 1. The van der Waals surface area contributed by atoms with Gasteiger partial charge in [-0.05, 0) is 0 Å². The number of nitrogens with zero attached hydrogens (tertiary/aromatic N) is 2. The molecule has 0 heterocycles. The summed E-state index contributed by atoms with van der Waals surface area (Å²) in [5.74, 6) is -0.798. The zero-order chi connectivity index (χ0) is 15.3. The summed E-state index contributed by atoms with van der Waals surface area (Å²) in [6.07, 6.45) is 0. The van der Waals surface area contributed by atoms with Crippen molar-refractivity contribution in [1.29, 1.82) is 0 Å². The number of hydrogen-bond donors (Lipinski definition) is 1. The molecule has 0 aliphatic rings. The Bertz CT molecular complexity index is 527. The number of methoxy groups -OCH3 is 1. The van der Waals surface area contributed by atoms with Crippen molar-refractivity contribution in [2.75, 3.05) is 24.9 Å². The first kappa shape index (κ1) is 15.6. The van der Waals surface area contributed by atoms with E-state index in [2.05, 4.69) is 10.1 Å². The molecule has 0 saturated heterocycles. The molecule has 0 spiro atoms. The summed E-state index contributed by atoms with van der Waals surface area (Å²) in [5.41, 5.74) is -1.76. The maximum Gasteiger partial charge on any atom is 0.338 e. The van der Waals surface area contributed by atoms with Crippen molar-refractivity contribution in [2.45, 2.75) is 0 Å². The van der Waals surface area contributed by atoms with Gasteiger partial charge in [0, 0.05) is 24.6 Å². The van der Waals surface area contributed by atoms with Crippen LogP contribution in [-0.2, 0) is 4.74 Å². The molecule has 10 heteroatoms. The molecule has 0 amide bonds. The lowest BCUT2D eigenvalue weighted by molar-refractivity contribution is -0.392. The van der Waals surface area contributed by atoms with Gasteiger partial charge in [0.2, 0.25) is 0 Å². The van der Waals surface area contributed by atoms with Crippen LogP contribution in [0, 0.1) is 20.2 Å². The lowest BCUT2D eigenvalue weighted by Gasteiger charge is -2.08. The van der Waals surface area contributed by atoms with Crippen LogP contribution in [0.5, 0.6) is 0 Å². The molecule has 1 rings (SSSR count). The normalized spacial score (nSPS) is 9.90. The Morgan fingerprint density at radius 1 is 1.30 bits per heavy atom. The van der Waals surface area contributed by atoms with Gasteiger partial charge in [-0.25, -0.2) is 4.79 Å². The van der Waals surface area contributed by atoms with Crippen molar-refractivity contribution in [1.82, 2.24) is 0 Å². The third-order valence-corrected chi connectivity index (χ3v) is 2.50. The summed E-state index contributed by atoms with van der Waals surface area (Å²) in [6.45, 7) is 0.0980. The van der Waals surface area contributed by atoms with Crippen LogP contribution in [0.2, 0.25) is 0 Å². The van der Waals surface area contributed by atoms with Gasteiger partial charge in [0.15, 0.2) is 5.69 Å². The van der Waals surface area contributed by atoms with Crippen molar-refractivity contribution in [3.63, 3.8) is 0 Å². The summed E-state index contributed by atoms with van der Waals surface area (Å²) >= 11 is 5.44. The van der Waals surface area contributed by atoms with E-state index in [4.69, 9.17) is 11.6 Å². The molecule has 20 heavy (non-hydrogen) atoms. The Kier molecular flexibility index (Phi) is 5.21. The molecule has 108 valence electrons. The third-order valence-electron chi connectivity index (χ3n) is 2.31. The first-order chi connectivity index (χ1) is 9.42. The van der Waals surface area contributed by atoms with Gasteiger partial charge in [0.1, 0.15) is 0 Å². The standard InChI is InChI=1S/C10H10ClN3O6/c1-20-10(15)6-4-7(13(16)17)9(12-3-2-11)8(5-6)14(18)19/h4-5,12H,2-3H2,1H3. The van der Waals surface area contributed by atoms with E-state index >= 15 is 0 Å². The van der Waals surface area contributed by atoms with Gasteiger partial charge in [0.25, 0.3) is 11.4 Å². The van der Waals surface area contributed by atoms with Crippen LogP contribution in [-0.4, -0.2) is 35.4 Å². The number of nitrogens with one attached hydrogen (secondary N) is 1. The Morgan fingerprint density at radius 2 is 1.80 bits per heavy atom. The highest BCUT2D eigenvalue weighted by Crippen LogP contribution is 2.35. The van der Waals surface area contributed by atoms with E-state index in [9.17, 15) is 25.0 Å². The summed E-state index contributed by atoms with van der Waals surface area (Å²) in [7, 11) is 1.07. The second kappa shape index (κ2) is 6.66. The molecule has 1 aromatic carbocycles. The highest BCUT2D eigenvalue weighted by Gasteiger charge is 2.28. The van der Waals surface area contributed by atoms with Crippen LogP contribution in [0.4, 0.5) is 17.1 Å². The average molecular weight is 304 g/mol. The Hall–Kier alpha value is -2.42. The number of esters is 1. The molecule has 0 unspecified atom stereocenters. The molecule has 1 N–H and O–H groups in total. The second-order valence-electron chi connectivity index (χ2n) is 3.51. The molecule has 0 atom stereocenters. The SMILES string of the molecule is COC(=O)c1cc([N+](=O)[O-])c(NCCCl)c([N+](=O)[O-])c1. The fraction of sp³-hybridized carbons (Fsp3) is 0.300. The van der Waals surface area contributed by atoms with Crippen molar-refractivity contribution in [3.8, 4) is 0 Å². The van der Waals surface area contributed by atoms with Gasteiger partial charge in [-0.3, -0.25) is 20.2 Å². The van der Waals surface area contributed by atoms with Crippen LogP contribution in [0.15, 0.2) is 12.1 Å². The maximum atomic E-state index is 11.4. The molecule has 0 radical (unpaired) electrons. The van der Waals surface area contributed by atoms with E-state index < -0.39 is 27.2 Å². The number of hydrogen-bond acceptors (Lipinski definition) is 7. The minimum absolute atomic E-state index is 0.0980. The number of nitro groups is 2. The van der Waals surface area contributed by atoms with Gasteiger partial charge in [0.05, 0.1) is 22.5 Å². The Balaban J connectivity index is 3.50. The number of benzene rings is 1. The number of ether oxygens (including phenoxy) is 1. The number of halogens is 1. The van der Waals surface area contributed by atoms with E-state index in [1.165, 1.54) is 0 Å². The molecule has 0 aliphatic carbocycles. The molecule has 0 fully saturated rings. The van der Waals surface area contributed by atoms with Crippen molar-refractivity contribution >= 4 is 34.6 Å². The number of anilines is 1. The summed E-state index contributed by atoms with van der Waals surface area (Å²) < 4.78 is 4.40. The second-order valence-corrected chi connectivity index (χ2v) is 3.89. The van der Waals surface area contributed by atoms with Crippen molar-refractivity contribution in [3.05, 3.63) is 37.9 Å². The Morgan fingerprint density at radius 3 is 2.15 bits per heavy atom. The molecule has 0 saturated carbocycles. The first-order valence-electron chi connectivity index (χ1n) is 5.27. The quantitative estimate of drug-likeness (QED) is 0.368. The van der Waals surface area contributed by atoms with Crippen LogP contribution in [0.25, 0.3) is 0 Å². The van der Waals surface area contributed by atoms with E-state index in [0.29, 0.717) is 0 Å². The highest BCUT2D eigenvalue weighted by molar-refractivity contribution is 6.18. The van der Waals surface area contributed by atoms with E-state index in [1.807, 2.05) is 0 Å². The summed E-state index contributed by atoms with van der Waals surface area (Å²) in [4.78, 5) is 31.7. The summed E-state index contributed by atoms with van der Waals surface area (Å²) in [6, 6.07) is 1.82. The molecular weight excluding hydrogens is 294 g/mol. The van der Waals surface area contributed by atoms with Crippen LogP contribution < -0.4 is 5.32 Å². The minimum atomic E-state index is -0.903. The first-order valence-corrected chi connectivity index (χ1v) is 5.80. The number of carbonyl (C=O) groups is 1. The predicted octanol–water partition coefficient (Wildman–Crippen LogP) is 1.94. The van der Waals surface area contributed by atoms with Crippen molar-refractivity contribution in [2.24, 2.45) is 0 Å². The van der Waals surface area contributed by atoms with Gasteiger partial charge in [-0.15, -0.1) is 11.6 Å². The summed E-state index contributed by atoms with van der Waals surface area (Å²) in [5, 5.41) is 24.5. The smallest absolute Gasteiger partial charge is 0.338 e. The molecule has 0 aliphatic heterocycles. The maximum absolute atomic E-state index is 11.4. The van der Waals surface area contributed by atoms with Gasteiger partial charge in [-0.1, -0.05) is 0 Å². The van der Waals surface area contributed by atoms with E-state index in [0.717, 1.165) is 19.2 Å². The number of nitro benzene ring substituents is 2. The zero-order valence-electron chi connectivity index (χ0n) is 10.3. The largest absolute Gasteiger partial charge is 0.465 e. The van der Waals surface area contributed by atoms with E-state index in [-0.39, 0.29) is 23.7 Å². The fourth-order valence-corrected chi connectivity index (χ4v) is 1.58. The Labute approximate surface area is 117 Å². The lowest BCUT2D eigenvalue weighted by Crippen LogP contribution is -2.10. The topological polar surface area (TPSA) is 125 Å². The van der Waals surface area contributed by atoms with Gasteiger partial charge >= 0.3 is 5.97 Å². The molecule has 1 aromatic rings. The minimum Gasteiger partial charge on any atom is -0.465 e. The van der Waals surface area contributed by atoms with Crippen LogP contribution >= 0.6 is 11.6 Å². The average Bonchev–Trinajstić information content (AvgIpc) is 2.42. The third kappa shape index (κ3) is 3.32. The fourth-order valence-electron chi connectivity index (χ4n) is 1.49. The van der Waals surface area contributed by atoms with Crippen molar-refractivity contribution < 1.29 is 19.4 Å². The monoisotopic (exact) mass is 303 g/mol. The van der Waals surface area contributed by atoms with Gasteiger partial charge in [-0.2, -0.15) is 0 Å².